The fourth-order valence-corrected chi connectivity index (χ4v) is 13.9. The highest BCUT2D eigenvalue weighted by atomic mass is 16.5. The van der Waals surface area contributed by atoms with Gasteiger partial charge in [0.1, 0.15) is 42.0 Å². The van der Waals surface area contributed by atoms with Crippen molar-refractivity contribution in [3.63, 3.8) is 0 Å². The Balaban J connectivity index is 2.33. The third kappa shape index (κ3) is 22.2. The molecule has 23 heteroatoms. The highest BCUT2D eigenvalue weighted by Crippen LogP contribution is 2.30. The molecule has 3 heterocycles. The highest BCUT2D eigenvalue weighted by Gasteiger charge is 2.47. The van der Waals surface area contributed by atoms with Crippen LogP contribution in [0, 0.1) is 59.2 Å². The summed E-state index contributed by atoms with van der Waals surface area (Å²) >= 11 is 0. The molecule has 0 aromatic rings. The summed E-state index contributed by atoms with van der Waals surface area (Å²) < 4.78 is 5.47. The maximum Gasteiger partial charge on any atom is 0.246 e. The monoisotopic (exact) mass is 1340 g/mol. The lowest BCUT2D eigenvalue weighted by molar-refractivity contribution is -0.157. The van der Waals surface area contributed by atoms with Crippen molar-refractivity contribution in [1.82, 2.24) is 49.4 Å². The molecule has 95 heavy (non-hydrogen) atoms. The van der Waals surface area contributed by atoms with Crippen molar-refractivity contribution in [3.8, 4) is 0 Å². The zero-order valence-corrected chi connectivity index (χ0v) is 62.7. The molecular formula is C72H126N10O13. The van der Waals surface area contributed by atoms with Crippen LogP contribution in [0.25, 0.3) is 0 Å². The summed E-state index contributed by atoms with van der Waals surface area (Å²) in [5.74, 6) is -11.1. The number of carbonyl (C=O) groups excluding carboxylic acids is 11. The Labute approximate surface area is 570 Å². The van der Waals surface area contributed by atoms with E-state index in [9.17, 15) is 24.3 Å². The molecule has 0 saturated carbocycles. The largest absolute Gasteiger partial charge is 0.390 e. The summed E-state index contributed by atoms with van der Waals surface area (Å²) in [6, 6.07) is -9.29. The number of likely N-dealkylation sites (N-methyl/N-ethyl adjacent to an activating group) is 7. The number of allylic oxidation sites excluding steroid dienone is 2. The van der Waals surface area contributed by atoms with Crippen molar-refractivity contribution in [2.75, 3.05) is 95.3 Å². The maximum atomic E-state index is 15.4. The summed E-state index contributed by atoms with van der Waals surface area (Å²) in [6.45, 7) is 35.3. The van der Waals surface area contributed by atoms with Gasteiger partial charge in [0.2, 0.25) is 47.3 Å². The number of carbonyl (C=O) groups is 11. The third-order valence-corrected chi connectivity index (χ3v) is 20.4. The Bertz CT molecular complexity index is 2640. The van der Waals surface area contributed by atoms with Gasteiger partial charge >= 0.3 is 0 Å². The molecule has 542 valence electrons. The van der Waals surface area contributed by atoms with E-state index in [4.69, 9.17) is 4.74 Å². The quantitative estimate of drug-likeness (QED) is 0.170. The minimum atomic E-state index is -1.61. The second-order valence-corrected chi connectivity index (χ2v) is 30.2. The van der Waals surface area contributed by atoms with Gasteiger partial charge in [-0.05, 0) is 87.4 Å². The van der Waals surface area contributed by atoms with E-state index in [-0.39, 0.29) is 80.0 Å². The van der Waals surface area contributed by atoms with Crippen molar-refractivity contribution in [1.29, 1.82) is 0 Å². The summed E-state index contributed by atoms with van der Waals surface area (Å²) in [4.78, 5) is 178. The summed E-state index contributed by atoms with van der Waals surface area (Å²) in [5, 5.41) is 15.1. The second kappa shape index (κ2) is 37.9. The standard InChI is InChI=1S/C72H126N10O13/c1-25-27-28-47(13)64(86)63-65(87)73-54(26-2)69(91)74(18)51(17)67(89)79(23)62(50(16)39-81-29-31-82(32-30-81)52-40-95-41-52)60(85)38-53(45(9)10)68(90)75(19)55(33-42(3)4)59(84)36-48(14)58(83)37-49(15)66(88)76(20)56(34-43(5)6)70(92)77(21)57(35-44(7)8)71(93)78(22)61(46(11)12)72(94)80(63)24/h25,27,42-57,61-64,86H,26,28-41H2,1-24H3,(H,73,87)/b27-25+/t47-,48-,49+,50-,51-,53+,54+,55+,56+,57+,61+,62+,63+,64-/m1/s1. The molecule has 0 aromatic carbocycles. The Kier molecular flexibility index (Phi) is 33.4. The zero-order valence-electron chi connectivity index (χ0n) is 62.7. The van der Waals surface area contributed by atoms with E-state index in [0.29, 0.717) is 45.3 Å². The van der Waals surface area contributed by atoms with Crippen LogP contribution in [0.2, 0.25) is 0 Å². The number of rotatable bonds is 17. The van der Waals surface area contributed by atoms with Gasteiger partial charge in [-0.3, -0.25) is 57.6 Å². The molecule has 3 aliphatic rings. The first-order valence-corrected chi connectivity index (χ1v) is 35.3. The van der Waals surface area contributed by atoms with Crippen molar-refractivity contribution in [2.45, 2.75) is 230 Å². The molecule has 3 saturated heterocycles. The fraction of sp³-hybridized carbons (Fsp3) is 0.819. The first-order chi connectivity index (χ1) is 44.2. The van der Waals surface area contributed by atoms with Gasteiger partial charge < -0.3 is 54.4 Å². The van der Waals surface area contributed by atoms with Gasteiger partial charge in [0.05, 0.1) is 37.4 Å². The number of hydrogen-bond donors (Lipinski definition) is 2. The van der Waals surface area contributed by atoms with Crippen molar-refractivity contribution in [2.24, 2.45) is 59.2 Å². The number of amides is 8. The van der Waals surface area contributed by atoms with E-state index in [0.717, 1.165) is 18.0 Å². The van der Waals surface area contributed by atoms with Crippen molar-refractivity contribution >= 4 is 64.6 Å². The molecule has 0 aromatic heterocycles. The Morgan fingerprint density at radius 2 is 0.979 bits per heavy atom. The van der Waals surface area contributed by atoms with Gasteiger partial charge in [-0.1, -0.05) is 116 Å². The number of nitrogens with zero attached hydrogens (tertiary/aromatic N) is 9. The van der Waals surface area contributed by atoms with E-state index < -0.39 is 143 Å². The van der Waals surface area contributed by atoms with Crippen LogP contribution in [0.15, 0.2) is 12.2 Å². The van der Waals surface area contributed by atoms with Gasteiger partial charge in [0.15, 0.2) is 11.6 Å². The Morgan fingerprint density at radius 3 is 1.45 bits per heavy atom. The van der Waals surface area contributed by atoms with Crippen LogP contribution in [-0.2, 0) is 57.5 Å². The average molecular weight is 1340 g/mol. The molecule has 0 unspecified atom stereocenters. The molecule has 3 rings (SSSR count). The van der Waals surface area contributed by atoms with Gasteiger partial charge in [0, 0.05) is 119 Å². The van der Waals surface area contributed by atoms with E-state index in [1.165, 1.54) is 78.6 Å². The van der Waals surface area contributed by atoms with Crippen LogP contribution in [-0.4, -0.2) is 270 Å². The molecule has 0 aliphatic carbocycles. The molecular weight excluding hydrogens is 1210 g/mol. The van der Waals surface area contributed by atoms with Crippen LogP contribution < -0.4 is 5.32 Å². The van der Waals surface area contributed by atoms with Crippen LogP contribution >= 0.6 is 0 Å². The zero-order chi connectivity index (χ0) is 72.5. The third-order valence-electron chi connectivity index (χ3n) is 20.4. The lowest BCUT2D eigenvalue weighted by Gasteiger charge is -2.44. The lowest BCUT2D eigenvalue weighted by atomic mass is 9.83. The number of hydrogen-bond acceptors (Lipinski definition) is 15. The smallest absolute Gasteiger partial charge is 0.246 e. The van der Waals surface area contributed by atoms with Crippen molar-refractivity contribution in [3.05, 3.63) is 12.2 Å². The summed E-state index contributed by atoms with van der Waals surface area (Å²) in [7, 11) is 10.4. The first-order valence-electron chi connectivity index (χ1n) is 35.3. The van der Waals surface area contributed by atoms with Crippen LogP contribution in [0.4, 0.5) is 0 Å². The SMILES string of the molecule is C/C=C/C[C@@H](C)[C@@H](O)[C@H]1C(=O)N[C@@H](CC)C(=O)N(C)[C@H](C)C(=O)N(C)[C@@H]([C@H](C)CN2CCN(C3COC3)CC2)C(=O)C[C@@H](C(C)C)C(=O)N(C)[C@@H](CC(C)C)C(=O)C[C@@H](C)C(=O)C[C@H](C)C(=O)N(C)[C@@H](CC(C)C)C(=O)N(C)[C@@H](CC(C)C)C(=O)N(C)[C@@H](C(C)C)C(=O)N1C. The van der Waals surface area contributed by atoms with Crippen LogP contribution in [0.5, 0.6) is 0 Å². The topological polar surface area (TPSA) is 258 Å². The maximum absolute atomic E-state index is 15.4. The van der Waals surface area contributed by atoms with E-state index >= 15 is 33.6 Å². The number of ether oxygens (including phenoxy) is 1. The molecule has 23 nitrogen and oxygen atoms in total. The number of aliphatic hydroxyl groups is 1. The van der Waals surface area contributed by atoms with E-state index in [1.807, 2.05) is 75.3 Å². The predicted octanol–water partition coefficient (Wildman–Crippen LogP) is 5.54. The molecule has 8 amide bonds. The lowest BCUT2D eigenvalue weighted by Crippen LogP contribution is -2.63. The number of aliphatic hydroxyl groups excluding tert-OH is 1. The summed E-state index contributed by atoms with van der Waals surface area (Å²) in [6.07, 6.45) is 2.31. The number of Topliss-reactive ketones (excluding diaryl/α,β-unsaturated/α-hetero) is 3. The average Bonchev–Trinajstić information content (AvgIpc) is 0.811. The first kappa shape index (κ1) is 83.6. The number of ketones is 3. The Morgan fingerprint density at radius 1 is 0.505 bits per heavy atom. The molecule has 14 atom stereocenters. The molecule has 0 spiro atoms. The predicted molar refractivity (Wildman–Crippen MR) is 369 cm³/mol. The molecule has 3 fully saturated rings. The number of nitrogens with one attached hydrogen (secondary N) is 1. The van der Waals surface area contributed by atoms with E-state index in [1.54, 1.807) is 54.7 Å². The molecule has 0 bridgehead atoms. The molecule has 2 N–H and O–H groups in total. The Hall–Kier alpha value is -5.65. The second-order valence-electron chi connectivity index (χ2n) is 30.2. The van der Waals surface area contributed by atoms with Gasteiger partial charge in [-0.2, -0.15) is 0 Å². The minimum absolute atomic E-state index is 0.0234. The normalized spacial score (nSPS) is 29.0. The van der Waals surface area contributed by atoms with Gasteiger partial charge in [-0.25, -0.2) is 0 Å². The summed E-state index contributed by atoms with van der Waals surface area (Å²) in [5.41, 5.74) is 0. The minimum Gasteiger partial charge on any atom is -0.390 e. The molecule has 3 aliphatic heterocycles. The molecule has 0 radical (unpaired) electrons. The highest BCUT2D eigenvalue weighted by molar-refractivity contribution is 6.00. The van der Waals surface area contributed by atoms with Crippen LogP contribution in [0.3, 0.4) is 0 Å². The number of piperazine rings is 1. The van der Waals surface area contributed by atoms with Crippen LogP contribution in [0.1, 0.15) is 169 Å². The van der Waals surface area contributed by atoms with Crippen molar-refractivity contribution < 1.29 is 62.6 Å². The fourth-order valence-electron chi connectivity index (χ4n) is 13.9. The van der Waals surface area contributed by atoms with Gasteiger partial charge in [-0.15, -0.1) is 0 Å². The van der Waals surface area contributed by atoms with Gasteiger partial charge in [0.25, 0.3) is 0 Å². The van der Waals surface area contributed by atoms with E-state index in [2.05, 4.69) is 15.1 Å².